The topological polar surface area (TPSA) is 108 Å². The molecule has 1 aromatic carbocycles. The molecule has 0 saturated heterocycles. The van der Waals surface area contributed by atoms with E-state index in [1.807, 2.05) is 52.8 Å². The van der Waals surface area contributed by atoms with E-state index in [1.165, 1.54) is 4.90 Å². The maximum Gasteiger partial charge on any atom is 0.410 e. The van der Waals surface area contributed by atoms with Crippen molar-refractivity contribution in [3.63, 3.8) is 0 Å². The second kappa shape index (κ2) is 9.91. The molecule has 3 amide bonds. The smallest absolute Gasteiger partial charge is 0.410 e. The third-order valence-electron chi connectivity index (χ3n) is 3.81. The minimum Gasteiger partial charge on any atom is -0.444 e. The second-order valence-electron chi connectivity index (χ2n) is 8.00. The van der Waals surface area contributed by atoms with Gasteiger partial charge in [-0.25, -0.2) is 14.6 Å². The van der Waals surface area contributed by atoms with Crippen molar-refractivity contribution < 1.29 is 14.3 Å². The minimum atomic E-state index is -0.540. The molecule has 0 atom stereocenters. The highest BCUT2D eigenvalue weighted by Gasteiger charge is 2.19. The van der Waals surface area contributed by atoms with Crippen LogP contribution in [0.5, 0.6) is 0 Å². The monoisotopic (exact) mass is 414 g/mol. The molecule has 2 rings (SSSR count). The Kier molecular flexibility index (Phi) is 7.57. The van der Waals surface area contributed by atoms with Crippen LogP contribution in [0.4, 0.5) is 27.0 Å². The van der Waals surface area contributed by atoms with Gasteiger partial charge in [-0.15, -0.1) is 0 Å². The quantitative estimate of drug-likeness (QED) is 0.659. The number of rotatable bonds is 6. The van der Waals surface area contributed by atoms with Gasteiger partial charge in [-0.05, 0) is 52.3 Å². The van der Waals surface area contributed by atoms with Crippen molar-refractivity contribution in [2.24, 2.45) is 0 Å². The number of nitrogens with one attached hydrogen (secondary N) is 3. The molecule has 0 unspecified atom stereocenters. The Morgan fingerprint density at radius 3 is 2.50 bits per heavy atom. The summed E-state index contributed by atoms with van der Waals surface area (Å²) in [6.07, 6.45) is -0.390. The van der Waals surface area contributed by atoms with Crippen LogP contribution in [0.1, 0.15) is 32.0 Å². The Morgan fingerprint density at radius 2 is 1.83 bits per heavy atom. The summed E-state index contributed by atoms with van der Waals surface area (Å²) in [7, 11) is 1.67. The maximum absolute atomic E-state index is 12.2. The molecule has 0 saturated carbocycles. The largest absolute Gasteiger partial charge is 0.444 e. The van der Waals surface area contributed by atoms with E-state index in [9.17, 15) is 9.59 Å². The van der Waals surface area contributed by atoms with Crippen LogP contribution in [0, 0.1) is 13.8 Å². The predicted molar refractivity (Wildman–Crippen MR) is 118 cm³/mol. The summed E-state index contributed by atoms with van der Waals surface area (Å²) in [5.74, 6) is 0.731. The molecule has 3 N–H and O–H groups in total. The van der Waals surface area contributed by atoms with Crippen LogP contribution in [-0.4, -0.2) is 52.7 Å². The zero-order valence-corrected chi connectivity index (χ0v) is 18.4. The fraction of sp³-hybridized carbons (Fsp3) is 0.429. The number of aryl methyl sites for hydroxylation is 2. The molecule has 1 heterocycles. The van der Waals surface area contributed by atoms with Gasteiger partial charge in [-0.1, -0.05) is 12.1 Å². The molecular formula is C21H30N6O3. The van der Waals surface area contributed by atoms with Crippen molar-refractivity contribution >= 4 is 29.6 Å². The molecule has 0 aliphatic heterocycles. The lowest BCUT2D eigenvalue weighted by Crippen LogP contribution is -2.36. The Morgan fingerprint density at radius 1 is 1.10 bits per heavy atom. The third kappa shape index (κ3) is 7.94. The number of carbonyl (C=O) groups excluding carboxylic acids is 2. The standard InChI is InChI=1S/C21H30N6O3/c1-14-8-7-9-16(12-14)24-19(28)26-18-23-15(2)13-17(25-18)22-10-11-27(6)20(29)30-21(3,4)5/h7-9,12-13H,10-11H2,1-6H3,(H3,22,23,24,25,26,28). The lowest BCUT2D eigenvalue weighted by atomic mass is 10.2. The van der Waals surface area contributed by atoms with E-state index in [4.69, 9.17) is 4.74 Å². The molecule has 9 heteroatoms. The number of amides is 3. The van der Waals surface area contributed by atoms with Crippen LogP contribution in [-0.2, 0) is 4.74 Å². The van der Waals surface area contributed by atoms with Gasteiger partial charge >= 0.3 is 12.1 Å². The fourth-order valence-electron chi connectivity index (χ4n) is 2.48. The van der Waals surface area contributed by atoms with Gasteiger partial charge < -0.3 is 20.3 Å². The van der Waals surface area contributed by atoms with Gasteiger partial charge in [0.25, 0.3) is 0 Å². The Hall–Kier alpha value is -3.36. The normalized spacial score (nSPS) is 10.9. The van der Waals surface area contributed by atoms with E-state index in [0.29, 0.717) is 30.3 Å². The van der Waals surface area contributed by atoms with Crippen LogP contribution in [0.15, 0.2) is 30.3 Å². The fourth-order valence-corrected chi connectivity index (χ4v) is 2.48. The number of anilines is 3. The summed E-state index contributed by atoms with van der Waals surface area (Å²) in [6.45, 7) is 10.1. The number of ether oxygens (including phenoxy) is 1. The van der Waals surface area contributed by atoms with Crippen molar-refractivity contribution in [3.05, 3.63) is 41.6 Å². The first-order valence-electron chi connectivity index (χ1n) is 9.70. The first-order valence-corrected chi connectivity index (χ1v) is 9.70. The van der Waals surface area contributed by atoms with E-state index in [1.54, 1.807) is 19.2 Å². The van der Waals surface area contributed by atoms with Gasteiger partial charge in [0.05, 0.1) is 0 Å². The summed E-state index contributed by atoms with van der Waals surface area (Å²) in [5.41, 5.74) is 1.88. The molecule has 0 spiro atoms. The molecule has 0 aliphatic carbocycles. The zero-order valence-electron chi connectivity index (χ0n) is 18.4. The van der Waals surface area contributed by atoms with Crippen LogP contribution in [0.25, 0.3) is 0 Å². The van der Waals surface area contributed by atoms with Gasteiger partial charge in [0.1, 0.15) is 11.4 Å². The van der Waals surface area contributed by atoms with E-state index in [0.717, 1.165) is 5.56 Å². The highest BCUT2D eigenvalue weighted by atomic mass is 16.6. The molecule has 0 bridgehead atoms. The SMILES string of the molecule is Cc1cccc(NC(=O)Nc2nc(C)cc(NCCN(C)C(=O)OC(C)(C)C)n2)c1. The Labute approximate surface area is 177 Å². The van der Waals surface area contributed by atoms with Crippen LogP contribution < -0.4 is 16.0 Å². The minimum absolute atomic E-state index is 0.183. The van der Waals surface area contributed by atoms with Gasteiger partial charge in [-0.2, -0.15) is 4.98 Å². The van der Waals surface area contributed by atoms with E-state index >= 15 is 0 Å². The van der Waals surface area contributed by atoms with Crippen molar-refractivity contribution in [2.45, 2.75) is 40.2 Å². The molecule has 0 aliphatic rings. The number of nitrogens with zero attached hydrogens (tertiary/aromatic N) is 3. The molecule has 1 aromatic heterocycles. The number of carbonyl (C=O) groups is 2. The van der Waals surface area contributed by atoms with Crippen molar-refractivity contribution in [1.82, 2.24) is 14.9 Å². The van der Waals surface area contributed by atoms with Crippen LogP contribution in [0.2, 0.25) is 0 Å². The van der Waals surface area contributed by atoms with E-state index < -0.39 is 17.7 Å². The van der Waals surface area contributed by atoms with Gasteiger partial charge in [0.2, 0.25) is 5.95 Å². The third-order valence-corrected chi connectivity index (χ3v) is 3.81. The lowest BCUT2D eigenvalue weighted by molar-refractivity contribution is 0.0305. The van der Waals surface area contributed by atoms with E-state index in [2.05, 4.69) is 25.9 Å². The first kappa shape index (κ1) is 22.9. The molecule has 0 fully saturated rings. The Balaban J connectivity index is 1.90. The van der Waals surface area contributed by atoms with Gasteiger partial charge in [-0.3, -0.25) is 5.32 Å². The molecule has 0 radical (unpaired) electrons. The zero-order chi connectivity index (χ0) is 22.3. The molecule has 9 nitrogen and oxygen atoms in total. The lowest BCUT2D eigenvalue weighted by Gasteiger charge is -2.24. The molecule has 162 valence electrons. The van der Waals surface area contributed by atoms with Gasteiger partial charge in [0.15, 0.2) is 0 Å². The first-order chi connectivity index (χ1) is 14.0. The second-order valence-corrected chi connectivity index (χ2v) is 8.00. The van der Waals surface area contributed by atoms with Crippen LogP contribution in [0.3, 0.4) is 0 Å². The summed E-state index contributed by atoms with van der Waals surface area (Å²) in [4.78, 5) is 34.3. The average molecular weight is 415 g/mol. The number of aromatic nitrogens is 2. The number of likely N-dealkylation sites (N-methyl/N-ethyl adjacent to an activating group) is 1. The highest BCUT2D eigenvalue weighted by molar-refractivity contribution is 5.98. The summed E-state index contributed by atoms with van der Waals surface area (Å²) in [6, 6.07) is 8.82. The van der Waals surface area contributed by atoms with E-state index in [-0.39, 0.29) is 5.95 Å². The molecular weight excluding hydrogens is 384 g/mol. The summed E-state index contributed by atoms with van der Waals surface area (Å²) < 4.78 is 5.32. The molecule has 2 aromatic rings. The Bertz CT molecular complexity index is 895. The number of hydrogen-bond donors (Lipinski definition) is 3. The predicted octanol–water partition coefficient (Wildman–Crippen LogP) is 4.02. The highest BCUT2D eigenvalue weighted by Crippen LogP contribution is 2.13. The maximum atomic E-state index is 12.2. The van der Waals surface area contributed by atoms with Crippen molar-refractivity contribution in [1.29, 1.82) is 0 Å². The van der Waals surface area contributed by atoms with Crippen molar-refractivity contribution in [3.8, 4) is 0 Å². The number of hydrogen-bond acceptors (Lipinski definition) is 6. The van der Waals surface area contributed by atoms with Gasteiger partial charge in [0, 0.05) is 37.6 Å². The summed E-state index contributed by atoms with van der Waals surface area (Å²) in [5, 5.41) is 8.52. The number of benzene rings is 1. The van der Waals surface area contributed by atoms with Crippen molar-refractivity contribution in [2.75, 3.05) is 36.1 Å². The molecule has 30 heavy (non-hydrogen) atoms. The number of urea groups is 1. The summed E-state index contributed by atoms with van der Waals surface area (Å²) >= 11 is 0. The average Bonchev–Trinajstić information content (AvgIpc) is 2.59. The van der Waals surface area contributed by atoms with Crippen LogP contribution >= 0.6 is 0 Å².